The lowest BCUT2D eigenvalue weighted by Crippen LogP contribution is -2.04. The van der Waals surface area contributed by atoms with Crippen molar-refractivity contribution >= 4 is 17.0 Å². The Hall–Kier alpha value is -2.29. The predicted octanol–water partition coefficient (Wildman–Crippen LogP) is 3.28. The van der Waals surface area contributed by atoms with Crippen LogP contribution in [0.1, 0.15) is 16.7 Å². The largest absolute Gasteiger partial charge is 0.369 e. The number of rotatable bonds is 2. The second-order valence-electron chi connectivity index (χ2n) is 4.99. The molecular formula is C16H17N3. The number of aromatic nitrogens is 2. The molecule has 3 rings (SSSR count). The van der Waals surface area contributed by atoms with Crippen molar-refractivity contribution in [3.8, 4) is 0 Å². The Bertz CT molecular complexity index is 741. The molecule has 0 radical (unpaired) electrons. The van der Waals surface area contributed by atoms with Gasteiger partial charge >= 0.3 is 0 Å². The Morgan fingerprint density at radius 1 is 1.11 bits per heavy atom. The predicted molar refractivity (Wildman–Crippen MR) is 79.2 cm³/mol. The van der Waals surface area contributed by atoms with Gasteiger partial charge in [-0.1, -0.05) is 42.0 Å². The third-order valence-corrected chi connectivity index (χ3v) is 3.43. The summed E-state index contributed by atoms with van der Waals surface area (Å²) in [6.07, 6.45) is 0. The van der Waals surface area contributed by atoms with Crippen molar-refractivity contribution in [3.63, 3.8) is 0 Å². The van der Waals surface area contributed by atoms with E-state index in [-0.39, 0.29) is 0 Å². The summed E-state index contributed by atoms with van der Waals surface area (Å²) in [5.41, 5.74) is 11.8. The smallest absolute Gasteiger partial charge is 0.201 e. The molecule has 0 spiro atoms. The number of imidazole rings is 1. The fraction of sp³-hybridized carbons (Fsp3) is 0.188. The molecule has 0 aliphatic carbocycles. The molecule has 0 saturated heterocycles. The molecule has 0 saturated carbocycles. The highest BCUT2D eigenvalue weighted by molar-refractivity contribution is 5.81. The van der Waals surface area contributed by atoms with Crippen LogP contribution in [0.3, 0.4) is 0 Å². The summed E-state index contributed by atoms with van der Waals surface area (Å²) in [6, 6.07) is 14.7. The quantitative estimate of drug-likeness (QED) is 0.759. The normalized spacial score (nSPS) is 11.1. The lowest BCUT2D eigenvalue weighted by atomic mass is 10.1. The van der Waals surface area contributed by atoms with E-state index in [2.05, 4.69) is 59.8 Å². The van der Waals surface area contributed by atoms with Crippen molar-refractivity contribution in [2.45, 2.75) is 20.4 Å². The molecule has 96 valence electrons. The molecule has 0 atom stereocenters. The number of hydrogen-bond donors (Lipinski definition) is 1. The minimum Gasteiger partial charge on any atom is -0.369 e. The number of aryl methyl sites for hydroxylation is 2. The third kappa shape index (κ3) is 2.08. The highest BCUT2D eigenvalue weighted by atomic mass is 15.1. The van der Waals surface area contributed by atoms with Gasteiger partial charge < -0.3 is 10.3 Å². The molecule has 19 heavy (non-hydrogen) atoms. The number of nitrogens with two attached hydrogens (primary N) is 1. The van der Waals surface area contributed by atoms with Gasteiger partial charge in [-0.25, -0.2) is 4.98 Å². The molecule has 0 aliphatic heterocycles. The van der Waals surface area contributed by atoms with E-state index >= 15 is 0 Å². The maximum atomic E-state index is 6.06. The summed E-state index contributed by atoms with van der Waals surface area (Å²) < 4.78 is 2.07. The van der Waals surface area contributed by atoms with Gasteiger partial charge in [-0.05, 0) is 31.0 Å². The number of benzene rings is 2. The maximum absolute atomic E-state index is 6.06. The van der Waals surface area contributed by atoms with E-state index in [4.69, 9.17) is 5.73 Å². The van der Waals surface area contributed by atoms with E-state index < -0.39 is 0 Å². The van der Waals surface area contributed by atoms with Crippen LogP contribution in [-0.2, 0) is 6.54 Å². The van der Waals surface area contributed by atoms with E-state index in [1.807, 2.05) is 6.07 Å². The SMILES string of the molecule is Cc1cccc(Cn2c(N)nc3c(C)cccc32)c1. The van der Waals surface area contributed by atoms with Crippen molar-refractivity contribution in [1.29, 1.82) is 0 Å². The third-order valence-electron chi connectivity index (χ3n) is 3.43. The van der Waals surface area contributed by atoms with E-state index in [0.717, 1.165) is 23.1 Å². The number of nitrogens with zero attached hydrogens (tertiary/aromatic N) is 2. The van der Waals surface area contributed by atoms with Gasteiger partial charge in [-0.2, -0.15) is 0 Å². The Morgan fingerprint density at radius 2 is 1.89 bits per heavy atom. The van der Waals surface area contributed by atoms with Crippen molar-refractivity contribution in [1.82, 2.24) is 9.55 Å². The second-order valence-corrected chi connectivity index (χ2v) is 4.99. The van der Waals surface area contributed by atoms with Gasteiger partial charge in [-0.15, -0.1) is 0 Å². The first-order chi connectivity index (χ1) is 9.15. The van der Waals surface area contributed by atoms with Crippen LogP contribution in [0.5, 0.6) is 0 Å². The Balaban J connectivity index is 2.10. The standard InChI is InChI=1S/C16H17N3/c1-11-5-3-7-13(9-11)10-19-14-8-4-6-12(2)15(14)18-16(19)17/h3-9H,10H2,1-2H3,(H2,17,18). The Morgan fingerprint density at radius 3 is 2.68 bits per heavy atom. The van der Waals surface area contributed by atoms with Crippen molar-refractivity contribution in [2.24, 2.45) is 0 Å². The monoisotopic (exact) mass is 251 g/mol. The summed E-state index contributed by atoms with van der Waals surface area (Å²) in [4.78, 5) is 4.47. The zero-order valence-electron chi connectivity index (χ0n) is 11.2. The van der Waals surface area contributed by atoms with Gasteiger partial charge in [0.25, 0.3) is 0 Å². The average molecular weight is 251 g/mol. The van der Waals surface area contributed by atoms with E-state index in [9.17, 15) is 0 Å². The van der Waals surface area contributed by atoms with Crippen LogP contribution in [-0.4, -0.2) is 9.55 Å². The first-order valence-electron chi connectivity index (χ1n) is 6.42. The van der Waals surface area contributed by atoms with Crippen molar-refractivity contribution < 1.29 is 0 Å². The molecule has 3 aromatic rings. The molecule has 2 N–H and O–H groups in total. The number of para-hydroxylation sites is 1. The maximum Gasteiger partial charge on any atom is 0.201 e. The number of hydrogen-bond acceptors (Lipinski definition) is 2. The minimum atomic E-state index is 0.575. The van der Waals surface area contributed by atoms with E-state index in [1.165, 1.54) is 11.1 Å². The van der Waals surface area contributed by atoms with Crippen LogP contribution in [0.15, 0.2) is 42.5 Å². The molecule has 0 amide bonds. The zero-order valence-corrected chi connectivity index (χ0v) is 11.2. The fourth-order valence-electron chi connectivity index (χ4n) is 2.46. The first kappa shape index (κ1) is 11.8. The van der Waals surface area contributed by atoms with Gasteiger partial charge in [0.2, 0.25) is 5.95 Å². The highest BCUT2D eigenvalue weighted by Gasteiger charge is 2.09. The lowest BCUT2D eigenvalue weighted by Gasteiger charge is -2.07. The molecular weight excluding hydrogens is 234 g/mol. The summed E-state index contributed by atoms with van der Waals surface area (Å²) in [5, 5.41) is 0. The molecule has 3 nitrogen and oxygen atoms in total. The van der Waals surface area contributed by atoms with Gasteiger partial charge in [0.15, 0.2) is 0 Å². The van der Waals surface area contributed by atoms with Crippen molar-refractivity contribution in [2.75, 3.05) is 5.73 Å². The van der Waals surface area contributed by atoms with Crippen LogP contribution >= 0.6 is 0 Å². The first-order valence-corrected chi connectivity index (χ1v) is 6.42. The molecule has 0 aliphatic rings. The lowest BCUT2D eigenvalue weighted by molar-refractivity contribution is 0.837. The van der Waals surface area contributed by atoms with Gasteiger partial charge in [0, 0.05) is 0 Å². The fourth-order valence-corrected chi connectivity index (χ4v) is 2.46. The number of nitrogen functional groups attached to an aromatic ring is 1. The van der Waals surface area contributed by atoms with Crippen molar-refractivity contribution in [3.05, 3.63) is 59.2 Å². The minimum absolute atomic E-state index is 0.575. The second kappa shape index (κ2) is 4.43. The summed E-state index contributed by atoms with van der Waals surface area (Å²) in [5.74, 6) is 0.575. The van der Waals surface area contributed by atoms with Crippen LogP contribution in [0.4, 0.5) is 5.95 Å². The summed E-state index contributed by atoms with van der Waals surface area (Å²) in [7, 11) is 0. The van der Waals surface area contributed by atoms with Gasteiger partial charge in [0.05, 0.1) is 17.6 Å². The average Bonchev–Trinajstić information content (AvgIpc) is 2.69. The molecule has 1 aromatic heterocycles. The summed E-state index contributed by atoms with van der Waals surface area (Å²) in [6.45, 7) is 4.92. The van der Waals surface area contributed by atoms with Crippen LogP contribution < -0.4 is 5.73 Å². The molecule has 0 unspecified atom stereocenters. The zero-order chi connectivity index (χ0) is 13.4. The van der Waals surface area contributed by atoms with Crippen LogP contribution in [0, 0.1) is 13.8 Å². The van der Waals surface area contributed by atoms with E-state index in [0.29, 0.717) is 5.95 Å². The van der Waals surface area contributed by atoms with Gasteiger partial charge in [-0.3, -0.25) is 0 Å². The number of anilines is 1. The molecule has 0 bridgehead atoms. The molecule has 2 aromatic carbocycles. The molecule has 3 heteroatoms. The Labute approximate surface area is 112 Å². The highest BCUT2D eigenvalue weighted by Crippen LogP contribution is 2.22. The Kier molecular flexibility index (Phi) is 2.75. The van der Waals surface area contributed by atoms with E-state index in [1.54, 1.807) is 0 Å². The molecule has 1 heterocycles. The topological polar surface area (TPSA) is 43.8 Å². The summed E-state index contributed by atoms with van der Waals surface area (Å²) >= 11 is 0. The number of fused-ring (bicyclic) bond motifs is 1. The van der Waals surface area contributed by atoms with Gasteiger partial charge in [0.1, 0.15) is 0 Å². The van der Waals surface area contributed by atoms with Crippen LogP contribution in [0.25, 0.3) is 11.0 Å². The molecule has 0 fully saturated rings. The van der Waals surface area contributed by atoms with Crippen LogP contribution in [0.2, 0.25) is 0 Å².